The summed E-state index contributed by atoms with van der Waals surface area (Å²) in [6.45, 7) is 5.04. The number of hydrogen-bond donors (Lipinski definition) is 0. The maximum Gasteiger partial charge on any atom is 0.348 e. The predicted molar refractivity (Wildman–Crippen MR) is 106 cm³/mol. The van der Waals surface area contributed by atoms with E-state index in [1.54, 1.807) is 22.1 Å². The van der Waals surface area contributed by atoms with Crippen molar-refractivity contribution < 1.29 is 14.2 Å². The van der Waals surface area contributed by atoms with Gasteiger partial charge in [0.15, 0.2) is 0 Å². The molecule has 2 aromatic rings. The minimum atomic E-state index is -0.204. The largest absolute Gasteiger partial charge is 0.488 e. The van der Waals surface area contributed by atoms with E-state index in [0.717, 1.165) is 46.0 Å². The molecule has 0 spiro atoms. The lowest BCUT2D eigenvalue weighted by Crippen LogP contribution is -2.33. The van der Waals surface area contributed by atoms with Crippen LogP contribution in [0, 0.1) is 17.3 Å². The van der Waals surface area contributed by atoms with Gasteiger partial charge in [-0.05, 0) is 32.3 Å². The smallest absolute Gasteiger partial charge is 0.348 e. The van der Waals surface area contributed by atoms with Crippen LogP contribution < -0.4 is 10.4 Å². The van der Waals surface area contributed by atoms with Gasteiger partial charge in [-0.1, -0.05) is 11.8 Å². The standard InChI is InChI=1S/C21H22N2O4S/c1-21(6-7-21)5-2-17-18(27-13-14-12-25-10-11-26-14)15-4-9-23-16(19(15)28-17)3-8-22-20(23)24/h3,8,14H,4,6-7,9-13H2,1H3. The molecule has 1 saturated carbocycles. The molecule has 4 heterocycles. The van der Waals surface area contributed by atoms with Crippen molar-refractivity contribution in [1.82, 2.24) is 9.55 Å². The topological polar surface area (TPSA) is 62.6 Å². The second-order valence-corrected chi connectivity index (χ2v) is 8.79. The first-order chi connectivity index (χ1) is 13.6. The first kappa shape index (κ1) is 17.9. The molecular formula is C21H22N2O4S. The van der Waals surface area contributed by atoms with E-state index in [2.05, 4.69) is 23.7 Å². The zero-order valence-electron chi connectivity index (χ0n) is 15.8. The Labute approximate surface area is 167 Å². The average molecular weight is 398 g/mol. The summed E-state index contributed by atoms with van der Waals surface area (Å²) in [7, 11) is 0. The van der Waals surface area contributed by atoms with Crippen molar-refractivity contribution in [2.24, 2.45) is 5.41 Å². The Morgan fingerprint density at radius 1 is 1.43 bits per heavy atom. The van der Waals surface area contributed by atoms with Gasteiger partial charge < -0.3 is 14.2 Å². The number of ether oxygens (including phenoxy) is 3. The molecule has 2 aliphatic heterocycles. The molecule has 1 unspecified atom stereocenters. The van der Waals surface area contributed by atoms with E-state index < -0.39 is 0 Å². The van der Waals surface area contributed by atoms with Gasteiger partial charge in [-0.2, -0.15) is 0 Å². The van der Waals surface area contributed by atoms with E-state index in [0.29, 0.717) is 33.0 Å². The lowest BCUT2D eigenvalue weighted by Gasteiger charge is -2.24. The number of aromatic nitrogens is 2. The molecule has 3 aliphatic rings. The van der Waals surface area contributed by atoms with Crippen LogP contribution in [0.1, 0.15) is 30.2 Å². The molecule has 0 aromatic carbocycles. The fraction of sp³-hybridized carbons (Fsp3) is 0.524. The highest BCUT2D eigenvalue weighted by Gasteiger charge is 2.35. The maximum absolute atomic E-state index is 12.1. The van der Waals surface area contributed by atoms with E-state index in [1.807, 2.05) is 6.07 Å². The van der Waals surface area contributed by atoms with E-state index in [9.17, 15) is 4.79 Å². The van der Waals surface area contributed by atoms with Gasteiger partial charge in [0.2, 0.25) is 0 Å². The molecular weight excluding hydrogens is 376 g/mol. The first-order valence-electron chi connectivity index (χ1n) is 9.70. The van der Waals surface area contributed by atoms with Crippen LogP contribution in [0.25, 0.3) is 10.6 Å². The van der Waals surface area contributed by atoms with E-state index in [4.69, 9.17) is 14.2 Å². The number of thiophene rings is 1. The molecule has 146 valence electrons. The van der Waals surface area contributed by atoms with Crippen molar-refractivity contribution in [2.75, 3.05) is 26.4 Å². The van der Waals surface area contributed by atoms with Gasteiger partial charge in [-0.25, -0.2) is 9.78 Å². The van der Waals surface area contributed by atoms with Gasteiger partial charge in [0.05, 0.1) is 30.4 Å². The minimum absolute atomic E-state index is 0.0613. The quantitative estimate of drug-likeness (QED) is 0.744. The van der Waals surface area contributed by atoms with Gasteiger partial charge in [0, 0.05) is 23.7 Å². The third-order valence-electron chi connectivity index (χ3n) is 5.49. The molecule has 1 atom stereocenters. The first-order valence-corrected chi connectivity index (χ1v) is 10.5. The van der Waals surface area contributed by atoms with Crippen molar-refractivity contribution in [1.29, 1.82) is 0 Å². The third-order valence-corrected chi connectivity index (χ3v) is 6.64. The summed E-state index contributed by atoms with van der Waals surface area (Å²) >= 11 is 1.61. The Bertz CT molecular complexity index is 1020. The Morgan fingerprint density at radius 2 is 2.32 bits per heavy atom. The molecule has 6 nitrogen and oxygen atoms in total. The van der Waals surface area contributed by atoms with Gasteiger partial charge in [0.1, 0.15) is 23.3 Å². The van der Waals surface area contributed by atoms with Crippen LogP contribution in [0.3, 0.4) is 0 Å². The summed E-state index contributed by atoms with van der Waals surface area (Å²) in [5, 5.41) is 0. The molecule has 0 N–H and O–H groups in total. The normalized spacial score (nSPS) is 21.8. The van der Waals surface area contributed by atoms with E-state index in [1.165, 1.54) is 0 Å². The van der Waals surface area contributed by atoms with Gasteiger partial charge in [-0.15, -0.1) is 11.3 Å². The predicted octanol–water partition coefficient (Wildman–Crippen LogP) is 2.47. The van der Waals surface area contributed by atoms with Crippen molar-refractivity contribution in [3.8, 4) is 28.2 Å². The minimum Gasteiger partial charge on any atom is -0.488 e. The van der Waals surface area contributed by atoms with Crippen LogP contribution in [-0.2, 0) is 22.4 Å². The molecule has 0 amide bonds. The summed E-state index contributed by atoms with van der Waals surface area (Å²) in [5.74, 6) is 7.64. The SMILES string of the molecule is CC1(C#Cc2sc3c(c2OCC2COCCO2)CCn2c-3ccnc2=O)CC1. The zero-order valence-corrected chi connectivity index (χ0v) is 16.6. The highest BCUT2D eigenvalue weighted by Crippen LogP contribution is 2.46. The highest BCUT2D eigenvalue weighted by atomic mass is 32.1. The van der Waals surface area contributed by atoms with E-state index in [-0.39, 0.29) is 17.2 Å². The second kappa shape index (κ2) is 7.03. The number of hydrogen-bond acceptors (Lipinski definition) is 6. The van der Waals surface area contributed by atoms with Crippen molar-refractivity contribution in [3.63, 3.8) is 0 Å². The molecule has 2 fully saturated rings. The van der Waals surface area contributed by atoms with Crippen LogP contribution in [0.5, 0.6) is 5.75 Å². The van der Waals surface area contributed by atoms with Crippen LogP contribution in [-0.4, -0.2) is 42.1 Å². The summed E-state index contributed by atoms with van der Waals surface area (Å²) < 4.78 is 19.2. The summed E-state index contributed by atoms with van der Waals surface area (Å²) in [4.78, 5) is 18.0. The highest BCUT2D eigenvalue weighted by molar-refractivity contribution is 7.16. The van der Waals surface area contributed by atoms with Gasteiger partial charge >= 0.3 is 5.69 Å². The third kappa shape index (κ3) is 3.37. The molecule has 2 aromatic heterocycles. The molecule has 1 aliphatic carbocycles. The monoisotopic (exact) mass is 398 g/mol. The van der Waals surface area contributed by atoms with Crippen LogP contribution >= 0.6 is 11.3 Å². The van der Waals surface area contributed by atoms with Crippen LogP contribution in [0.15, 0.2) is 17.1 Å². The molecule has 28 heavy (non-hydrogen) atoms. The van der Waals surface area contributed by atoms with Crippen LogP contribution in [0.2, 0.25) is 0 Å². The summed E-state index contributed by atoms with van der Waals surface area (Å²) in [5.41, 5.74) is 1.97. The Morgan fingerprint density at radius 3 is 3.11 bits per heavy atom. The van der Waals surface area contributed by atoms with Crippen LogP contribution in [0.4, 0.5) is 0 Å². The lowest BCUT2D eigenvalue weighted by atomic mass is 10.1. The molecule has 0 radical (unpaired) electrons. The van der Waals surface area contributed by atoms with Crippen molar-refractivity contribution >= 4 is 11.3 Å². The Hall–Kier alpha value is -2.14. The van der Waals surface area contributed by atoms with E-state index >= 15 is 0 Å². The lowest BCUT2D eigenvalue weighted by molar-refractivity contribution is -0.101. The Kier molecular flexibility index (Phi) is 4.50. The van der Waals surface area contributed by atoms with Crippen molar-refractivity contribution in [3.05, 3.63) is 33.2 Å². The number of fused-ring (bicyclic) bond motifs is 3. The average Bonchev–Trinajstić information content (AvgIpc) is 3.34. The summed E-state index contributed by atoms with van der Waals surface area (Å²) in [6.07, 6.45) is 4.55. The van der Waals surface area contributed by atoms with Gasteiger partial charge in [0.25, 0.3) is 0 Å². The maximum atomic E-state index is 12.1. The Balaban J connectivity index is 1.52. The molecule has 1 saturated heterocycles. The molecule has 5 rings (SSSR count). The fourth-order valence-electron chi connectivity index (χ4n) is 3.52. The molecule has 7 heteroatoms. The van der Waals surface area contributed by atoms with Gasteiger partial charge in [-0.3, -0.25) is 4.57 Å². The fourth-order valence-corrected chi connectivity index (χ4v) is 4.70. The number of rotatable bonds is 3. The van der Waals surface area contributed by atoms with Crippen molar-refractivity contribution in [2.45, 2.75) is 38.8 Å². The zero-order chi connectivity index (χ0) is 19.1. The molecule has 0 bridgehead atoms. The summed E-state index contributed by atoms with van der Waals surface area (Å²) in [6, 6.07) is 1.90. The number of nitrogens with zero attached hydrogens (tertiary/aromatic N) is 2. The second-order valence-electron chi connectivity index (χ2n) is 7.77.